The van der Waals surface area contributed by atoms with E-state index in [0.717, 1.165) is 18.5 Å². The quantitative estimate of drug-likeness (QED) is 0.563. The molecule has 1 aliphatic rings. The maximum atomic E-state index is 12.6. The molecule has 1 heterocycles. The number of rotatable bonds is 8. The van der Waals surface area contributed by atoms with Crippen LogP contribution in [0.1, 0.15) is 48.5 Å². The first kappa shape index (κ1) is 22.3. The molecule has 0 bridgehead atoms. The van der Waals surface area contributed by atoms with Gasteiger partial charge in [0.25, 0.3) is 15.9 Å². The van der Waals surface area contributed by atoms with E-state index >= 15 is 0 Å². The minimum absolute atomic E-state index is 0.187. The highest BCUT2D eigenvalue weighted by atomic mass is 32.2. The number of carbonyl (C=O) groups excluding carboxylic acids is 1. The Morgan fingerprint density at radius 2 is 1.90 bits per heavy atom. The Labute approximate surface area is 179 Å². The van der Waals surface area contributed by atoms with Gasteiger partial charge in [0.05, 0.1) is 24.0 Å². The lowest BCUT2D eigenvalue weighted by Crippen LogP contribution is -3.16. The second-order valence-electron chi connectivity index (χ2n) is 8.16. The molecule has 2 aromatic carbocycles. The Morgan fingerprint density at radius 3 is 2.63 bits per heavy atom. The Balaban J connectivity index is 1.54. The standard InChI is InChI=1S/C23H31N3O3S/c1-18-10-12-22(13-11-18)30(28,29)25-21-9-5-8-20(17-21)23(27)24-14-6-16-26-15-4-3-7-19(26)2/h5,8-13,17,19,25H,3-4,6-7,14-16H2,1-2H3,(H,24,27)/p+1/t19-/m1/s1. The van der Waals surface area contributed by atoms with Crippen molar-refractivity contribution in [3.63, 3.8) is 0 Å². The van der Waals surface area contributed by atoms with Crippen LogP contribution in [0.15, 0.2) is 53.4 Å². The zero-order valence-electron chi connectivity index (χ0n) is 17.8. The van der Waals surface area contributed by atoms with Gasteiger partial charge in [-0.1, -0.05) is 23.8 Å². The first-order valence-electron chi connectivity index (χ1n) is 10.7. The van der Waals surface area contributed by atoms with Gasteiger partial charge in [0, 0.05) is 24.2 Å². The summed E-state index contributed by atoms with van der Waals surface area (Å²) >= 11 is 0. The van der Waals surface area contributed by atoms with Crippen molar-refractivity contribution in [3.05, 3.63) is 59.7 Å². The van der Waals surface area contributed by atoms with E-state index in [1.807, 2.05) is 6.92 Å². The summed E-state index contributed by atoms with van der Waals surface area (Å²) in [5.41, 5.74) is 1.80. The van der Waals surface area contributed by atoms with Crippen LogP contribution in [0, 0.1) is 6.92 Å². The number of quaternary nitrogens is 1. The molecule has 0 aromatic heterocycles. The van der Waals surface area contributed by atoms with Crippen molar-refractivity contribution >= 4 is 21.6 Å². The molecule has 1 amide bonds. The van der Waals surface area contributed by atoms with Crippen LogP contribution in [0.3, 0.4) is 0 Å². The van der Waals surface area contributed by atoms with Gasteiger partial charge in [0.1, 0.15) is 0 Å². The summed E-state index contributed by atoms with van der Waals surface area (Å²) in [6, 6.07) is 13.9. The van der Waals surface area contributed by atoms with E-state index in [9.17, 15) is 13.2 Å². The number of hydrogen-bond donors (Lipinski definition) is 3. The number of nitrogens with one attached hydrogen (secondary N) is 3. The van der Waals surface area contributed by atoms with Gasteiger partial charge in [-0.3, -0.25) is 9.52 Å². The number of aryl methyl sites for hydroxylation is 1. The summed E-state index contributed by atoms with van der Waals surface area (Å²) in [6.07, 6.45) is 4.83. The zero-order valence-corrected chi connectivity index (χ0v) is 18.6. The fourth-order valence-corrected chi connectivity index (χ4v) is 4.95. The van der Waals surface area contributed by atoms with Crippen LogP contribution in [0.4, 0.5) is 5.69 Å². The molecule has 3 N–H and O–H groups in total. The number of sulfonamides is 1. The molecular formula is C23H32N3O3S+. The predicted octanol–water partition coefficient (Wildman–Crippen LogP) is 2.37. The van der Waals surface area contributed by atoms with Gasteiger partial charge in [-0.15, -0.1) is 0 Å². The molecule has 1 aliphatic heterocycles. The Kier molecular flexibility index (Phi) is 7.50. The first-order chi connectivity index (χ1) is 14.3. The van der Waals surface area contributed by atoms with Crippen LogP contribution >= 0.6 is 0 Å². The topological polar surface area (TPSA) is 79.7 Å². The average Bonchev–Trinajstić information content (AvgIpc) is 2.72. The first-order valence-corrected chi connectivity index (χ1v) is 12.2. The summed E-state index contributed by atoms with van der Waals surface area (Å²) in [7, 11) is -3.70. The van der Waals surface area contributed by atoms with Crippen molar-refractivity contribution in [3.8, 4) is 0 Å². The van der Waals surface area contributed by atoms with Gasteiger partial charge in [0.2, 0.25) is 0 Å². The second kappa shape index (κ2) is 10.1. The van der Waals surface area contributed by atoms with Crippen LogP contribution in [-0.4, -0.2) is 40.0 Å². The highest BCUT2D eigenvalue weighted by Gasteiger charge is 2.21. The van der Waals surface area contributed by atoms with Crippen molar-refractivity contribution in [1.82, 2.24) is 5.32 Å². The van der Waals surface area contributed by atoms with Crippen LogP contribution in [0.5, 0.6) is 0 Å². The number of amides is 1. The van der Waals surface area contributed by atoms with Crippen LogP contribution in [0.25, 0.3) is 0 Å². The molecule has 7 heteroatoms. The van der Waals surface area contributed by atoms with Crippen molar-refractivity contribution in [2.75, 3.05) is 24.4 Å². The number of hydrogen-bond acceptors (Lipinski definition) is 3. The maximum absolute atomic E-state index is 12.6. The SMILES string of the molecule is Cc1ccc(S(=O)(=O)Nc2cccc(C(=O)NCCC[NH+]3CCCC[C@H]3C)c2)cc1. The second-order valence-corrected chi connectivity index (χ2v) is 9.85. The van der Waals surface area contributed by atoms with Crippen molar-refractivity contribution in [1.29, 1.82) is 0 Å². The molecule has 0 aliphatic carbocycles. The van der Waals surface area contributed by atoms with Gasteiger partial charge in [0.15, 0.2) is 0 Å². The van der Waals surface area contributed by atoms with E-state index in [1.54, 1.807) is 53.4 Å². The predicted molar refractivity (Wildman–Crippen MR) is 119 cm³/mol. The number of anilines is 1. The lowest BCUT2D eigenvalue weighted by atomic mass is 10.0. The van der Waals surface area contributed by atoms with Crippen LogP contribution in [0.2, 0.25) is 0 Å². The van der Waals surface area contributed by atoms with E-state index in [0.29, 0.717) is 23.8 Å². The number of piperidine rings is 1. The summed E-state index contributed by atoms with van der Waals surface area (Å²) in [6.45, 7) is 7.11. The molecule has 0 saturated carbocycles. The summed E-state index contributed by atoms with van der Waals surface area (Å²) in [4.78, 5) is 14.3. The van der Waals surface area contributed by atoms with Crippen LogP contribution in [-0.2, 0) is 10.0 Å². The fraction of sp³-hybridized carbons (Fsp3) is 0.435. The van der Waals surface area contributed by atoms with Gasteiger partial charge < -0.3 is 10.2 Å². The van der Waals surface area contributed by atoms with Gasteiger partial charge >= 0.3 is 0 Å². The summed E-state index contributed by atoms with van der Waals surface area (Å²) in [5.74, 6) is -0.187. The average molecular weight is 431 g/mol. The fourth-order valence-electron chi connectivity index (χ4n) is 3.90. The lowest BCUT2D eigenvalue weighted by molar-refractivity contribution is -0.928. The van der Waals surface area contributed by atoms with Crippen molar-refractivity contribution in [2.24, 2.45) is 0 Å². The van der Waals surface area contributed by atoms with Gasteiger partial charge in [-0.2, -0.15) is 0 Å². The smallest absolute Gasteiger partial charge is 0.261 e. The normalized spacial score (nSPS) is 19.3. The molecule has 162 valence electrons. The Morgan fingerprint density at radius 1 is 1.13 bits per heavy atom. The molecule has 1 fully saturated rings. The van der Waals surface area contributed by atoms with E-state index in [-0.39, 0.29) is 10.8 Å². The third-order valence-electron chi connectivity index (χ3n) is 5.75. The molecule has 1 unspecified atom stereocenters. The molecule has 2 atom stereocenters. The Hall–Kier alpha value is -2.38. The van der Waals surface area contributed by atoms with Crippen molar-refractivity contribution < 1.29 is 18.1 Å². The minimum Gasteiger partial charge on any atom is -0.352 e. The lowest BCUT2D eigenvalue weighted by Gasteiger charge is -2.30. The number of benzene rings is 2. The van der Waals surface area contributed by atoms with Crippen molar-refractivity contribution in [2.45, 2.75) is 50.5 Å². The highest BCUT2D eigenvalue weighted by Crippen LogP contribution is 2.17. The van der Waals surface area contributed by atoms with Crippen LogP contribution < -0.4 is 14.9 Å². The van der Waals surface area contributed by atoms with Gasteiger partial charge in [-0.05, 0) is 63.4 Å². The highest BCUT2D eigenvalue weighted by molar-refractivity contribution is 7.92. The molecule has 2 aromatic rings. The monoisotopic (exact) mass is 430 g/mol. The Bertz CT molecular complexity index is 958. The molecule has 30 heavy (non-hydrogen) atoms. The molecule has 0 radical (unpaired) electrons. The molecule has 6 nitrogen and oxygen atoms in total. The maximum Gasteiger partial charge on any atom is 0.261 e. The third-order valence-corrected chi connectivity index (χ3v) is 7.15. The molecule has 0 spiro atoms. The largest absolute Gasteiger partial charge is 0.352 e. The van der Waals surface area contributed by atoms with E-state index in [4.69, 9.17) is 0 Å². The zero-order chi connectivity index (χ0) is 21.6. The minimum atomic E-state index is -3.70. The summed E-state index contributed by atoms with van der Waals surface area (Å²) in [5, 5.41) is 2.95. The molecule has 1 saturated heterocycles. The number of likely N-dealkylation sites (tertiary alicyclic amines) is 1. The van der Waals surface area contributed by atoms with E-state index in [2.05, 4.69) is 17.0 Å². The summed E-state index contributed by atoms with van der Waals surface area (Å²) < 4.78 is 27.7. The molecular weight excluding hydrogens is 398 g/mol. The van der Waals surface area contributed by atoms with E-state index < -0.39 is 10.0 Å². The van der Waals surface area contributed by atoms with E-state index in [1.165, 1.54) is 25.8 Å². The molecule has 3 rings (SSSR count). The third kappa shape index (κ3) is 6.06. The number of carbonyl (C=O) groups is 1. The van der Waals surface area contributed by atoms with Gasteiger partial charge in [-0.25, -0.2) is 8.42 Å².